The van der Waals surface area contributed by atoms with Crippen LogP contribution in [0.3, 0.4) is 0 Å². The molecular formula is C13H26N2O3. The Bertz CT molecular complexity index is 257. The molecule has 1 saturated heterocycles. The Morgan fingerprint density at radius 2 is 2.28 bits per heavy atom. The molecule has 0 aromatic heterocycles. The zero-order valence-electron chi connectivity index (χ0n) is 11.7. The third-order valence-corrected chi connectivity index (χ3v) is 2.98. The lowest BCUT2D eigenvalue weighted by Crippen LogP contribution is -2.45. The van der Waals surface area contributed by atoms with E-state index in [1.807, 2.05) is 11.8 Å². The Hall–Kier alpha value is -0.650. The van der Waals surface area contributed by atoms with E-state index < -0.39 is 5.60 Å². The van der Waals surface area contributed by atoms with E-state index in [0.717, 1.165) is 26.0 Å². The molecule has 1 rings (SSSR count). The lowest BCUT2D eigenvalue weighted by molar-refractivity contribution is -0.123. The molecule has 0 saturated carbocycles. The van der Waals surface area contributed by atoms with Crippen molar-refractivity contribution in [2.24, 2.45) is 0 Å². The first-order valence-corrected chi connectivity index (χ1v) is 6.74. The van der Waals surface area contributed by atoms with Gasteiger partial charge in [-0.25, -0.2) is 0 Å². The predicted octanol–water partition coefficient (Wildman–Crippen LogP) is 0.374. The van der Waals surface area contributed by atoms with E-state index in [1.54, 1.807) is 13.8 Å². The summed E-state index contributed by atoms with van der Waals surface area (Å²) in [6, 6.07) is 0. The Labute approximate surface area is 109 Å². The van der Waals surface area contributed by atoms with Crippen molar-refractivity contribution in [3.8, 4) is 0 Å². The molecule has 1 aliphatic rings. The molecule has 0 aliphatic carbocycles. The summed E-state index contributed by atoms with van der Waals surface area (Å²) >= 11 is 0. The Kier molecular flexibility index (Phi) is 6.05. The van der Waals surface area contributed by atoms with Gasteiger partial charge in [0.15, 0.2) is 0 Å². The summed E-state index contributed by atoms with van der Waals surface area (Å²) in [5.41, 5.74) is -0.773. The average Bonchev–Trinajstić information content (AvgIpc) is 2.76. The lowest BCUT2D eigenvalue weighted by atomic mass is 10.1. The van der Waals surface area contributed by atoms with E-state index in [2.05, 4.69) is 5.32 Å². The fourth-order valence-electron chi connectivity index (χ4n) is 2.12. The lowest BCUT2D eigenvalue weighted by Gasteiger charge is -2.27. The molecule has 2 N–H and O–H groups in total. The van der Waals surface area contributed by atoms with E-state index in [4.69, 9.17) is 4.74 Å². The fraction of sp³-hybridized carbons (Fsp3) is 0.923. The molecule has 1 amide bonds. The highest BCUT2D eigenvalue weighted by atomic mass is 16.5. The number of nitrogens with one attached hydrogen (secondary N) is 1. The molecule has 1 heterocycles. The topological polar surface area (TPSA) is 61.8 Å². The number of likely N-dealkylation sites (N-methyl/N-ethyl adjacent to an activating group) is 1. The van der Waals surface area contributed by atoms with E-state index >= 15 is 0 Å². The Morgan fingerprint density at radius 1 is 1.56 bits per heavy atom. The highest BCUT2D eigenvalue weighted by Crippen LogP contribution is 2.10. The van der Waals surface area contributed by atoms with Crippen molar-refractivity contribution in [3.05, 3.63) is 0 Å². The maximum atomic E-state index is 11.8. The third kappa shape index (κ3) is 6.33. The summed E-state index contributed by atoms with van der Waals surface area (Å²) in [4.78, 5) is 13.7. The molecule has 18 heavy (non-hydrogen) atoms. The van der Waals surface area contributed by atoms with E-state index in [9.17, 15) is 9.90 Å². The van der Waals surface area contributed by atoms with Gasteiger partial charge in [0.05, 0.1) is 18.2 Å². The smallest absolute Gasteiger partial charge is 0.234 e. The van der Waals surface area contributed by atoms with Crippen LogP contribution in [0.1, 0.15) is 33.6 Å². The van der Waals surface area contributed by atoms with Crippen LogP contribution in [0.25, 0.3) is 0 Å². The molecule has 106 valence electrons. The minimum absolute atomic E-state index is 0.00315. The second kappa shape index (κ2) is 7.07. The van der Waals surface area contributed by atoms with Crippen LogP contribution in [0.15, 0.2) is 0 Å². The normalized spacial score (nSPS) is 20.4. The largest absolute Gasteiger partial charge is 0.389 e. The zero-order chi connectivity index (χ0) is 13.6. The summed E-state index contributed by atoms with van der Waals surface area (Å²) < 4.78 is 5.45. The monoisotopic (exact) mass is 258 g/mol. The number of aliphatic hydroxyl groups is 1. The fourth-order valence-corrected chi connectivity index (χ4v) is 2.12. The van der Waals surface area contributed by atoms with Gasteiger partial charge >= 0.3 is 0 Å². The van der Waals surface area contributed by atoms with Gasteiger partial charge < -0.3 is 15.2 Å². The molecule has 0 spiro atoms. The van der Waals surface area contributed by atoms with Gasteiger partial charge in [-0.3, -0.25) is 9.69 Å². The van der Waals surface area contributed by atoms with Crippen molar-refractivity contribution in [1.82, 2.24) is 10.2 Å². The van der Waals surface area contributed by atoms with Crippen molar-refractivity contribution in [2.75, 3.05) is 32.8 Å². The van der Waals surface area contributed by atoms with Gasteiger partial charge in [0.2, 0.25) is 5.91 Å². The summed E-state index contributed by atoms with van der Waals surface area (Å²) in [7, 11) is 0. The second-order valence-electron chi connectivity index (χ2n) is 5.55. The second-order valence-corrected chi connectivity index (χ2v) is 5.55. The maximum Gasteiger partial charge on any atom is 0.234 e. The van der Waals surface area contributed by atoms with Gasteiger partial charge in [-0.1, -0.05) is 6.92 Å². The SMILES string of the molecule is CCN(CC(=O)NCC1CCCO1)CC(C)(C)O. The molecule has 1 atom stereocenters. The van der Waals surface area contributed by atoms with Crippen LogP contribution < -0.4 is 5.32 Å². The quantitative estimate of drug-likeness (QED) is 0.693. The first-order valence-electron chi connectivity index (χ1n) is 6.74. The minimum Gasteiger partial charge on any atom is -0.389 e. The summed E-state index contributed by atoms with van der Waals surface area (Å²) in [5.74, 6) is -0.00315. The maximum absolute atomic E-state index is 11.8. The van der Waals surface area contributed by atoms with Crippen molar-refractivity contribution in [2.45, 2.75) is 45.3 Å². The number of ether oxygens (including phenoxy) is 1. The number of rotatable bonds is 7. The van der Waals surface area contributed by atoms with E-state index in [1.165, 1.54) is 0 Å². The highest BCUT2D eigenvalue weighted by Gasteiger charge is 2.20. The van der Waals surface area contributed by atoms with Gasteiger partial charge in [0.25, 0.3) is 0 Å². The first kappa shape index (κ1) is 15.4. The summed E-state index contributed by atoms with van der Waals surface area (Å²) in [5, 5.41) is 12.6. The van der Waals surface area contributed by atoms with Crippen molar-refractivity contribution in [3.63, 3.8) is 0 Å². The molecule has 0 radical (unpaired) electrons. The van der Waals surface area contributed by atoms with E-state index in [-0.39, 0.29) is 12.0 Å². The number of amides is 1. The van der Waals surface area contributed by atoms with Crippen LogP contribution in [-0.2, 0) is 9.53 Å². The van der Waals surface area contributed by atoms with Crippen LogP contribution in [0.5, 0.6) is 0 Å². The molecular weight excluding hydrogens is 232 g/mol. The van der Waals surface area contributed by atoms with Crippen LogP contribution in [0, 0.1) is 0 Å². The molecule has 0 aromatic carbocycles. The van der Waals surface area contributed by atoms with E-state index in [0.29, 0.717) is 19.6 Å². The molecule has 1 fully saturated rings. The predicted molar refractivity (Wildman–Crippen MR) is 70.4 cm³/mol. The average molecular weight is 258 g/mol. The number of carbonyl (C=O) groups excluding carboxylic acids is 1. The van der Waals surface area contributed by atoms with Crippen molar-refractivity contribution < 1.29 is 14.6 Å². The molecule has 5 heteroatoms. The van der Waals surface area contributed by atoms with Crippen molar-refractivity contribution >= 4 is 5.91 Å². The van der Waals surface area contributed by atoms with Crippen LogP contribution in [0.4, 0.5) is 0 Å². The molecule has 1 unspecified atom stereocenters. The molecule has 0 aromatic rings. The zero-order valence-corrected chi connectivity index (χ0v) is 11.7. The van der Waals surface area contributed by atoms with Crippen molar-refractivity contribution in [1.29, 1.82) is 0 Å². The minimum atomic E-state index is -0.773. The van der Waals surface area contributed by atoms with Crippen LogP contribution in [-0.4, -0.2) is 60.4 Å². The van der Waals surface area contributed by atoms with Gasteiger partial charge in [-0.15, -0.1) is 0 Å². The summed E-state index contributed by atoms with van der Waals surface area (Å²) in [6.45, 7) is 8.46. The molecule has 1 aliphatic heterocycles. The van der Waals surface area contributed by atoms with Gasteiger partial charge in [0.1, 0.15) is 0 Å². The van der Waals surface area contributed by atoms with Crippen LogP contribution >= 0.6 is 0 Å². The van der Waals surface area contributed by atoms with Gasteiger partial charge in [0, 0.05) is 19.7 Å². The Morgan fingerprint density at radius 3 is 2.78 bits per heavy atom. The highest BCUT2D eigenvalue weighted by molar-refractivity contribution is 5.78. The number of hydrogen-bond donors (Lipinski definition) is 2. The third-order valence-electron chi connectivity index (χ3n) is 2.98. The number of nitrogens with zero attached hydrogens (tertiary/aromatic N) is 1. The first-order chi connectivity index (χ1) is 8.40. The molecule has 5 nitrogen and oxygen atoms in total. The molecule has 0 bridgehead atoms. The number of hydrogen-bond acceptors (Lipinski definition) is 4. The van der Waals surface area contributed by atoms with Gasteiger partial charge in [-0.2, -0.15) is 0 Å². The number of carbonyl (C=O) groups is 1. The Balaban J connectivity index is 2.24. The van der Waals surface area contributed by atoms with Gasteiger partial charge in [-0.05, 0) is 33.2 Å². The summed E-state index contributed by atoms with van der Waals surface area (Å²) in [6.07, 6.45) is 2.29. The standard InChI is InChI=1S/C13H26N2O3/c1-4-15(10-13(2,3)17)9-12(16)14-8-11-6-5-7-18-11/h11,17H,4-10H2,1-3H3,(H,14,16). The van der Waals surface area contributed by atoms with Crippen LogP contribution in [0.2, 0.25) is 0 Å².